The van der Waals surface area contributed by atoms with Crippen LogP contribution in [0, 0.1) is 6.92 Å². The van der Waals surface area contributed by atoms with Gasteiger partial charge in [0.25, 0.3) is 11.8 Å². The first kappa shape index (κ1) is 22.8. The van der Waals surface area contributed by atoms with Gasteiger partial charge in [0.05, 0.1) is 17.9 Å². The van der Waals surface area contributed by atoms with E-state index in [0.29, 0.717) is 35.0 Å². The van der Waals surface area contributed by atoms with Gasteiger partial charge in [-0.25, -0.2) is 4.90 Å². The van der Waals surface area contributed by atoms with Crippen LogP contribution < -0.4 is 20.3 Å². The summed E-state index contributed by atoms with van der Waals surface area (Å²) in [5.74, 6) is -0.331. The number of hydrogen-bond acceptors (Lipinski definition) is 5. The largest absolute Gasteiger partial charge is 0.494 e. The molecule has 0 saturated heterocycles. The predicted octanol–water partition coefficient (Wildman–Crippen LogP) is 4.75. The van der Waals surface area contributed by atoms with E-state index < -0.39 is 11.8 Å². The van der Waals surface area contributed by atoms with Crippen molar-refractivity contribution in [2.75, 3.05) is 22.1 Å². The molecule has 0 atom stereocenters. The molecule has 0 aliphatic carbocycles. The van der Waals surface area contributed by atoms with Crippen molar-refractivity contribution >= 4 is 40.4 Å². The van der Waals surface area contributed by atoms with Crippen LogP contribution in [0.25, 0.3) is 5.57 Å². The highest BCUT2D eigenvalue weighted by Crippen LogP contribution is 2.35. The molecule has 1 heterocycles. The van der Waals surface area contributed by atoms with Gasteiger partial charge in [-0.3, -0.25) is 14.4 Å². The van der Waals surface area contributed by atoms with Crippen LogP contribution in [0.5, 0.6) is 5.75 Å². The number of carbonyl (C=O) groups excluding carboxylic acids is 3. The van der Waals surface area contributed by atoms with Gasteiger partial charge in [0.1, 0.15) is 11.4 Å². The molecule has 1 aliphatic heterocycles. The topological polar surface area (TPSA) is 87.7 Å². The second kappa shape index (κ2) is 9.62. The van der Waals surface area contributed by atoms with E-state index in [2.05, 4.69) is 10.6 Å². The lowest BCUT2D eigenvalue weighted by Gasteiger charge is -2.17. The third-order valence-electron chi connectivity index (χ3n) is 5.37. The van der Waals surface area contributed by atoms with E-state index >= 15 is 0 Å². The van der Waals surface area contributed by atoms with Gasteiger partial charge in [-0.05, 0) is 67.4 Å². The monoisotopic (exact) mass is 455 g/mol. The number of anilines is 3. The van der Waals surface area contributed by atoms with E-state index in [4.69, 9.17) is 4.74 Å². The van der Waals surface area contributed by atoms with E-state index in [9.17, 15) is 14.4 Å². The normalized spacial score (nSPS) is 13.3. The summed E-state index contributed by atoms with van der Waals surface area (Å²) >= 11 is 0. The molecule has 0 fully saturated rings. The number of aryl methyl sites for hydroxylation is 1. The maximum atomic E-state index is 13.6. The molecular weight excluding hydrogens is 430 g/mol. The number of nitrogens with zero attached hydrogens (tertiary/aromatic N) is 1. The number of nitrogens with one attached hydrogen (secondary N) is 2. The molecule has 3 amide bonds. The molecule has 0 saturated carbocycles. The Morgan fingerprint density at radius 3 is 2.15 bits per heavy atom. The molecule has 3 aromatic carbocycles. The lowest BCUT2D eigenvalue weighted by molar-refractivity contribution is -0.120. The van der Waals surface area contributed by atoms with Crippen LogP contribution in [0.3, 0.4) is 0 Å². The van der Waals surface area contributed by atoms with Gasteiger partial charge >= 0.3 is 0 Å². The maximum absolute atomic E-state index is 13.6. The number of carbonyl (C=O) groups is 3. The van der Waals surface area contributed by atoms with Gasteiger partial charge in [0.2, 0.25) is 5.91 Å². The Bertz CT molecular complexity index is 1280. The number of para-hydroxylation sites is 1. The number of benzene rings is 3. The summed E-state index contributed by atoms with van der Waals surface area (Å²) in [4.78, 5) is 39.7. The zero-order chi connectivity index (χ0) is 24.2. The van der Waals surface area contributed by atoms with Gasteiger partial charge in [-0.2, -0.15) is 0 Å². The summed E-state index contributed by atoms with van der Waals surface area (Å²) in [6, 6.07) is 21.3. The van der Waals surface area contributed by atoms with Crippen LogP contribution in [-0.4, -0.2) is 24.3 Å². The average Bonchev–Trinajstić information content (AvgIpc) is 3.05. The maximum Gasteiger partial charge on any atom is 0.282 e. The molecule has 0 unspecified atom stereocenters. The van der Waals surface area contributed by atoms with Crippen LogP contribution >= 0.6 is 0 Å². The molecule has 1 aliphatic rings. The number of hydrogen-bond donors (Lipinski definition) is 2. The van der Waals surface area contributed by atoms with Gasteiger partial charge in [-0.1, -0.05) is 30.3 Å². The highest BCUT2D eigenvalue weighted by atomic mass is 16.5. The highest BCUT2D eigenvalue weighted by Gasteiger charge is 2.40. The second-order valence-corrected chi connectivity index (χ2v) is 7.82. The van der Waals surface area contributed by atoms with Crippen LogP contribution in [-0.2, 0) is 14.4 Å². The van der Waals surface area contributed by atoms with Gasteiger partial charge in [-0.15, -0.1) is 0 Å². The van der Waals surface area contributed by atoms with Crippen molar-refractivity contribution in [2.45, 2.75) is 20.8 Å². The highest BCUT2D eigenvalue weighted by molar-refractivity contribution is 6.46. The van der Waals surface area contributed by atoms with Crippen molar-refractivity contribution in [1.29, 1.82) is 0 Å². The van der Waals surface area contributed by atoms with E-state index in [1.807, 2.05) is 26.0 Å². The van der Waals surface area contributed by atoms with E-state index in [-0.39, 0.29) is 17.2 Å². The van der Waals surface area contributed by atoms with Crippen LogP contribution in [0.15, 0.2) is 78.5 Å². The molecule has 0 spiro atoms. The second-order valence-electron chi connectivity index (χ2n) is 7.82. The van der Waals surface area contributed by atoms with Crippen molar-refractivity contribution in [2.24, 2.45) is 0 Å². The summed E-state index contributed by atoms with van der Waals surface area (Å²) in [7, 11) is 0. The van der Waals surface area contributed by atoms with E-state index in [0.717, 1.165) is 5.56 Å². The molecule has 7 heteroatoms. The van der Waals surface area contributed by atoms with Crippen molar-refractivity contribution in [1.82, 2.24) is 0 Å². The van der Waals surface area contributed by atoms with Gasteiger partial charge in [0, 0.05) is 18.3 Å². The summed E-state index contributed by atoms with van der Waals surface area (Å²) in [5.41, 5.74) is 3.61. The molecule has 0 radical (unpaired) electrons. The average molecular weight is 456 g/mol. The van der Waals surface area contributed by atoms with Crippen molar-refractivity contribution in [3.05, 3.63) is 89.6 Å². The predicted molar refractivity (Wildman–Crippen MR) is 133 cm³/mol. The third kappa shape index (κ3) is 4.54. The molecule has 7 nitrogen and oxygen atoms in total. The fraction of sp³-hybridized carbons (Fsp3) is 0.148. The lowest BCUT2D eigenvalue weighted by atomic mass is 10.0. The van der Waals surface area contributed by atoms with E-state index in [1.165, 1.54) is 11.8 Å². The number of rotatable bonds is 7. The minimum Gasteiger partial charge on any atom is -0.494 e. The summed E-state index contributed by atoms with van der Waals surface area (Å²) in [6.45, 7) is 5.74. The zero-order valence-corrected chi connectivity index (χ0v) is 19.2. The Labute approximate surface area is 198 Å². The van der Waals surface area contributed by atoms with Gasteiger partial charge < -0.3 is 15.4 Å². The third-order valence-corrected chi connectivity index (χ3v) is 5.37. The molecular formula is C27H25N3O4. The first-order valence-electron chi connectivity index (χ1n) is 11.0. The SMILES string of the molecule is CCOc1ccc(NC2=C(c3ccc(NC(C)=O)cc3)C(=O)N(c3ccccc3C)C2=O)cc1. The van der Waals surface area contributed by atoms with Crippen LogP contribution in [0.4, 0.5) is 17.1 Å². The summed E-state index contributed by atoms with van der Waals surface area (Å²) in [5, 5.41) is 5.85. The van der Waals surface area contributed by atoms with E-state index in [1.54, 1.807) is 60.7 Å². The molecule has 34 heavy (non-hydrogen) atoms. The number of amides is 3. The smallest absolute Gasteiger partial charge is 0.282 e. The molecule has 172 valence electrons. The standard InChI is InChI=1S/C27H25N3O4/c1-4-34-22-15-13-21(14-16-22)29-25-24(19-9-11-20(12-10-19)28-18(3)31)26(32)30(27(25)33)23-8-6-5-7-17(23)2/h5-16,29H,4H2,1-3H3,(H,28,31). The number of ether oxygens (including phenoxy) is 1. The Morgan fingerprint density at radius 1 is 0.882 bits per heavy atom. The molecule has 0 aromatic heterocycles. The van der Waals surface area contributed by atoms with Crippen molar-refractivity contribution in [3.8, 4) is 5.75 Å². The minimum absolute atomic E-state index is 0.185. The van der Waals surface area contributed by atoms with Crippen LogP contribution in [0.1, 0.15) is 25.0 Å². The Morgan fingerprint density at radius 2 is 1.53 bits per heavy atom. The molecule has 3 aromatic rings. The number of imide groups is 1. The Kier molecular flexibility index (Phi) is 6.45. The molecule has 4 rings (SSSR count). The lowest BCUT2D eigenvalue weighted by Crippen LogP contribution is -2.33. The summed E-state index contributed by atoms with van der Waals surface area (Å²) in [6.07, 6.45) is 0. The Balaban J connectivity index is 1.76. The van der Waals surface area contributed by atoms with Crippen LogP contribution in [0.2, 0.25) is 0 Å². The first-order chi connectivity index (χ1) is 16.4. The van der Waals surface area contributed by atoms with Crippen molar-refractivity contribution < 1.29 is 19.1 Å². The minimum atomic E-state index is -0.436. The summed E-state index contributed by atoms with van der Waals surface area (Å²) < 4.78 is 5.49. The molecule has 0 bridgehead atoms. The van der Waals surface area contributed by atoms with Crippen molar-refractivity contribution in [3.63, 3.8) is 0 Å². The zero-order valence-electron chi connectivity index (χ0n) is 19.2. The molecule has 2 N–H and O–H groups in total. The van der Waals surface area contributed by atoms with Gasteiger partial charge in [0.15, 0.2) is 0 Å². The first-order valence-corrected chi connectivity index (χ1v) is 11.0. The fourth-order valence-electron chi connectivity index (χ4n) is 3.82. The quantitative estimate of drug-likeness (QED) is 0.502. The Hall–Kier alpha value is -4.39. The fourth-order valence-corrected chi connectivity index (χ4v) is 3.82.